The summed E-state index contributed by atoms with van der Waals surface area (Å²) in [5, 5.41) is 4.01. The SMILES string of the molecule is CC(=O)C(c1nc(-c2ccc(C(C)C)cc2)no1)C(C)C. The molecule has 0 spiro atoms. The van der Waals surface area contributed by atoms with Crippen LogP contribution in [-0.2, 0) is 4.79 Å². The molecule has 1 unspecified atom stereocenters. The predicted molar refractivity (Wildman–Crippen MR) is 82.1 cm³/mol. The molecule has 0 aliphatic carbocycles. The molecule has 2 rings (SSSR count). The number of ketones is 1. The second-order valence-corrected chi connectivity index (χ2v) is 6.07. The second kappa shape index (κ2) is 6.20. The lowest BCUT2D eigenvalue weighted by molar-refractivity contribution is -0.119. The van der Waals surface area contributed by atoms with Crippen LogP contribution in [0.3, 0.4) is 0 Å². The Morgan fingerprint density at radius 1 is 1.10 bits per heavy atom. The number of benzene rings is 1. The van der Waals surface area contributed by atoms with Gasteiger partial charge in [0.05, 0.1) is 5.92 Å². The van der Waals surface area contributed by atoms with E-state index >= 15 is 0 Å². The molecule has 1 aromatic heterocycles. The molecule has 1 heterocycles. The average Bonchev–Trinajstić information content (AvgIpc) is 2.87. The first kappa shape index (κ1) is 15.4. The third kappa shape index (κ3) is 3.38. The number of aromatic nitrogens is 2. The molecule has 0 amide bonds. The van der Waals surface area contributed by atoms with Crippen LogP contribution in [0.4, 0.5) is 0 Å². The Bertz CT molecular complexity index is 612. The fourth-order valence-corrected chi connectivity index (χ4v) is 2.42. The van der Waals surface area contributed by atoms with Crippen LogP contribution in [0.15, 0.2) is 28.8 Å². The number of hydrogen-bond acceptors (Lipinski definition) is 4. The Morgan fingerprint density at radius 3 is 2.19 bits per heavy atom. The monoisotopic (exact) mass is 286 g/mol. The summed E-state index contributed by atoms with van der Waals surface area (Å²) in [7, 11) is 0. The summed E-state index contributed by atoms with van der Waals surface area (Å²) >= 11 is 0. The van der Waals surface area contributed by atoms with Gasteiger partial charge in [-0.1, -0.05) is 57.1 Å². The van der Waals surface area contributed by atoms with Crippen molar-refractivity contribution in [3.05, 3.63) is 35.7 Å². The smallest absolute Gasteiger partial charge is 0.237 e. The van der Waals surface area contributed by atoms with E-state index in [0.717, 1.165) is 5.56 Å². The van der Waals surface area contributed by atoms with Crippen LogP contribution in [0.1, 0.15) is 57.9 Å². The molecule has 0 saturated heterocycles. The lowest BCUT2D eigenvalue weighted by Crippen LogP contribution is -2.15. The van der Waals surface area contributed by atoms with Crippen molar-refractivity contribution in [2.45, 2.75) is 46.5 Å². The molecular weight excluding hydrogens is 264 g/mol. The van der Waals surface area contributed by atoms with Gasteiger partial charge >= 0.3 is 0 Å². The Hall–Kier alpha value is -1.97. The van der Waals surface area contributed by atoms with E-state index in [9.17, 15) is 4.79 Å². The molecule has 0 fully saturated rings. The zero-order chi connectivity index (χ0) is 15.6. The number of nitrogens with zero attached hydrogens (tertiary/aromatic N) is 2. The number of hydrogen-bond donors (Lipinski definition) is 0. The molecule has 2 aromatic rings. The average molecular weight is 286 g/mol. The van der Waals surface area contributed by atoms with E-state index in [2.05, 4.69) is 36.1 Å². The molecule has 0 bridgehead atoms. The molecule has 112 valence electrons. The largest absolute Gasteiger partial charge is 0.338 e. The van der Waals surface area contributed by atoms with E-state index in [1.165, 1.54) is 5.56 Å². The van der Waals surface area contributed by atoms with E-state index in [4.69, 9.17) is 4.52 Å². The maximum Gasteiger partial charge on any atom is 0.237 e. The van der Waals surface area contributed by atoms with Crippen molar-refractivity contribution in [2.75, 3.05) is 0 Å². The molecule has 1 aromatic carbocycles. The van der Waals surface area contributed by atoms with E-state index in [1.54, 1.807) is 6.92 Å². The quantitative estimate of drug-likeness (QED) is 0.827. The van der Waals surface area contributed by atoms with Crippen molar-refractivity contribution in [1.82, 2.24) is 10.1 Å². The zero-order valence-electron chi connectivity index (χ0n) is 13.3. The minimum absolute atomic E-state index is 0.0513. The molecule has 21 heavy (non-hydrogen) atoms. The van der Waals surface area contributed by atoms with Crippen molar-refractivity contribution in [1.29, 1.82) is 0 Å². The minimum Gasteiger partial charge on any atom is -0.338 e. The molecule has 0 saturated carbocycles. The minimum atomic E-state index is -0.332. The maximum absolute atomic E-state index is 11.7. The van der Waals surface area contributed by atoms with Gasteiger partial charge in [0, 0.05) is 5.56 Å². The summed E-state index contributed by atoms with van der Waals surface area (Å²) in [6.07, 6.45) is 0. The zero-order valence-corrected chi connectivity index (χ0v) is 13.3. The molecule has 0 aliphatic rings. The first-order valence-corrected chi connectivity index (χ1v) is 7.34. The molecule has 1 atom stereocenters. The van der Waals surface area contributed by atoms with Crippen LogP contribution < -0.4 is 0 Å². The first-order valence-electron chi connectivity index (χ1n) is 7.34. The van der Waals surface area contributed by atoms with Crippen LogP contribution in [-0.4, -0.2) is 15.9 Å². The molecule has 4 heteroatoms. The summed E-state index contributed by atoms with van der Waals surface area (Å²) in [5.74, 6) is 1.28. The highest BCUT2D eigenvalue weighted by Crippen LogP contribution is 2.27. The Balaban J connectivity index is 2.29. The molecular formula is C17H22N2O2. The van der Waals surface area contributed by atoms with Crippen LogP contribution in [0.2, 0.25) is 0 Å². The van der Waals surface area contributed by atoms with Gasteiger partial charge in [0.25, 0.3) is 0 Å². The fraction of sp³-hybridized carbons (Fsp3) is 0.471. The summed E-state index contributed by atoms with van der Waals surface area (Å²) in [4.78, 5) is 16.1. The van der Waals surface area contributed by atoms with Gasteiger partial charge in [0.15, 0.2) is 0 Å². The standard InChI is InChI=1S/C17H22N2O2/c1-10(2)13-6-8-14(9-7-13)16-18-17(21-19-16)15(11(3)4)12(5)20/h6-11,15H,1-5H3. The van der Waals surface area contributed by atoms with Gasteiger partial charge in [-0.3, -0.25) is 4.79 Å². The van der Waals surface area contributed by atoms with Gasteiger partial charge in [-0.2, -0.15) is 4.98 Å². The van der Waals surface area contributed by atoms with Crippen LogP contribution in [0.25, 0.3) is 11.4 Å². The highest BCUT2D eigenvalue weighted by Gasteiger charge is 2.27. The topological polar surface area (TPSA) is 56.0 Å². The predicted octanol–water partition coefficient (Wildman–Crippen LogP) is 4.19. The summed E-state index contributed by atoms with van der Waals surface area (Å²) in [6.45, 7) is 9.83. The lowest BCUT2D eigenvalue weighted by Gasteiger charge is -2.12. The van der Waals surface area contributed by atoms with Crippen molar-refractivity contribution in [3.63, 3.8) is 0 Å². The van der Waals surface area contributed by atoms with Gasteiger partial charge in [-0.25, -0.2) is 0 Å². The van der Waals surface area contributed by atoms with Crippen molar-refractivity contribution >= 4 is 5.78 Å². The third-order valence-electron chi connectivity index (χ3n) is 3.65. The fourth-order valence-electron chi connectivity index (χ4n) is 2.42. The maximum atomic E-state index is 11.7. The van der Waals surface area contributed by atoms with E-state index in [-0.39, 0.29) is 17.6 Å². The van der Waals surface area contributed by atoms with Gasteiger partial charge in [0.1, 0.15) is 5.78 Å². The van der Waals surface area contributed by atoms with Gasteiger partial charge in [0.2, 0.25) is 11.7 Å². The van der Waals surface area contributed by atoms with Crippen molar-refractivity contribution < 1.29 is 9.32 Å². The summed E-state index contributed by atoms with van der Waals surface area (Å²) < 4.78 is 5.30. The van der Waals surface area contributed by atoms with Crippen LogP contribution in [0, 0.1) is 5.92 Å². The van der Waals surface area contributed by atoms with E-state index in [0.29, 0.717) is 17.6 Å². The molecule has 0 radical (unpaired) electrons. The Morgan fingerprint density at radius 2 is 1.71 bits per heavy atom. The van der Waals surface area contributed by atoms with Crippen LogP contribution in [0.5, 0.6) is 0 Å². The van der Waals surface area contributed by atoms with Gasteiger partial charge in [-0.05, 0) is 24.3 Å². The first-order chi connectivity index (χ1) is 9.90. The highest BCUT2D eigenvalue weighted by molar-refractivity contribution is 5.82. The van der Waals surface area contributed by atoms with Gasteiger partial charge < -0.3 is 4.52 Å². The normalized spacial score (nSPS) is 12.9. The number of rotatable bonds is 5. The molecule has 0 N–H and O–H groups in total. The third-order valence-corrected chi connectivity index (χ3v) is 3.65. The molecule has 4 nitrogen and oxygen atoms in total. The Kier molecular flexibility index (Phi) is 4.56. The summed E-state index contributed by atoms with van der Waals surface area (Å²) in [5.41, 5.74) is 2.17. The van der Waals surface area contributed by atoms with Crippen molar-refractivity contribution in [2.24, 2.45) is 5.92 Å². The van der Waals surface area contributed by atoms with Crippen LogP contribution >= 0.6 is 0 Å². The summed E-state index contributed by atoms with van der Waals surface area (Å²) in [6, 6.07) is 8.12. The lowest BCUT2D eigenvalue weighted by atomic mass is 9.92. The Labute approximate surface area is 125 Å². The highest BCUT2D eigenvalue weighted by atomic mass is 16.5. The number of Topliss-reactive ketones (excluding diaryl/α,β-unsaturated/α-hetero) is 1. The molecule has 0 aliphatic heterocycles. The van der Waals surface area contributed by atoms with E-state index in [1.807, 2.05) is 26.0 Å². The van der Waals surface area contributed by atoms with Crippen molar-refractivity contribution in [3.8, 4) is 11.4 Å². The van der Waals surface area contributed by atoms with Gasteiger partial charge in [-0.15, -0.1) is 0 Å². The second-order valence-electron chi connectivity index (χ2n) is 6.07. The number of carbonyl (C=O) groups is 1. The van der Waals surface area contributed by atoms with E-state index < -0.39 is 0 Å². The number of carbonyl (C=O) groups excluding carboxylic acids is 1.